The van der Waals surface area contributed by atoms with Crippen LogP contribution in [0.2, 0.25) is 5.02 Å². The first-order chi connectivity index (χ1) is 10.3. The van der Waals surface area contributed by atoms with E-state index < -0.39 is 0 Å². The van der Waals surface area contributed by atoms with Crippen molar-refractivity contribution in [3.63, 3.8) is 0 Å². The lowest BCUT2D eigenvalue weighted by atomic mass is 10.3. The van der Waals surface area contributed by atoms with Crippen LogP contribution in [0.3, 0.4) is 0 Å². The Hall–Kier alpha value is -2.08. The molecule has 0 aromatic carbocycles. The van der Waals surface area contributed by atoms with Crippen LogP contribution in [0, 0.1) is 0 Å². The minimum absolute atomic E-state index is 0.0553. The molecule has 1 atom stereocenters. The molecule has 0 aliphatic carbocycles. The molecular weight excluding hydrogens is 292 g/mol. The molecule has 3 heterocycles. The van der Waals surface area contributed by atoms with E-state index in [4.69, 9.17) is 21.1 Å². The van der Waals surface area contributed by atoms with Gasteiger partial charge < -0.3 is 14.4 Å². The molecule has 1 fully saturated rings. The highest BCUT2D eigenvalue weighted by Gasteiger charge is 2.26. The lowest BCUT2D eigenvalue weighted by molar-refractivity contribution is 0.225. The smallest absolute Gasteiger partial charge is 0.228 e. The normalized spacial score (nSPS) is 17.8. The van der Waals surface area contributed by atoms with Crippen LogP contribution in [0.4, 0.5) is 5.95 Å². The van der Waals surface area contributed by atoms with Crippen molar-refractivity contribution in [2.75, 3.05) is 25.1 Å². The fourth-order valence-corrected chi connectivity index (χ4v) is 2.41. The van der Waals surface area contributed by atoms with Crippen molar-refractivity contribution in [2.24, 2.45) is 0 Å². The minimum atomic E-state index is 0.0553. The number of hydrogen-bond donors (Lipinski definition) is 0. The van der Waals surface area contributed by atoms with Gasteiger partial charge >= 0.3 is 0 Å². The third kappa shape index (κ3) is 3.16. The first-order valence-electron chi connectivity index (χ1n) is 6.64. The van der Waals surface area contributed by atoms with E-state index in [1.807, 2.05) is 0 Å². The van der Waals surface area contributed by atoms with E-state index >= 15 is 0 Å². The molecule has 0 bridgehead atoms. The van der Waals surface area contributed by atoms with E-state index in [9.17, 15) is 0 Å². The lowest BCUT2D eigenvalue weighted by Gasteiger charge is -2.17. The Kier molecular flexibility index (Phi) is 4.06. The SMILES string of the molecule is COc1ccnc(N2CCC(Oc3ccncc3Cl)C2)n1. The number of halogens is 1. The predicted octanol–water partition coefficient (Wildman–Crippen LogP) is 2.19. The summed E-state index contributed by atoms with van der Waals surface area (Å²) in [4.78, 5) is 14.6. The van der Waals surface area contributed by atoms with Crippen molar-refractivity contribution in [1.82, 2.24) is 15.0 Å². The first-order valence-corrected chi connectivity index (χ1v) is 7.02. The van der Waals surface area contributed by atoms with E-state index in [1.165, 1.54) is 0 Å². The van der Waals surface area contributed by atoms with E-state index in [0.29, 0.717) is 29.1 Å². The van der Waals surface area contributed by atoms with Crippen LogP contribution in [-0.2, 0) is 0 Å². The van der Waals surface area contributed by atoms with E-state index in [2.05, 4.69) is 19.9 Å². The summed E-state index contributed by atoms with van der Waals surface area (Å²) in [7, 11) is 1.59. The number of aromatic nitrogens is 3. The van der Waals surface area contributed by atoms with Gasteiger partial charge in [0.1, 0.15) is 16.9 Å². The van der Waals surface area contributed by atoms with Crippen LogP contribution >= 0.6 is 11.6 Å². The van der Waals surface area contributed by atoms with Crippen LogP contribution in [-0.4, -0.2) is 41.3 Å². The van der Waals surface area contributed by atoms with Gasteiger partial charge in [0.15, 0.2) is 0 Å². The van der Waals surface area contributed by atoms with Gasteiger partial charge in [-0.2, -0.15) is 4.98 Å². The molecular formula is C14H15ClN4O2. The highest BCUT2D eigenvalue weighted by molar-refractivity contribution is 6.31. The molecule has 1 saturated heterocycles. The summed E-state index contributed by atoms with van der Waals surface area (Å²) in [6, 6.07) is 3.50. The Balaban J connectivity index is 1.66. The largest absolute Gasteiger partial charge is 0.487 e. The van der Waals surface area contributed by atoms with Gasteiger partial charge in [0, 0.05) is 43.7 Å². The van der Waals surface area contributed by atoms with Crippen LogP contribution in [0.1, 0.15) is 6.42 Å². The lowest BCUT2D eigenvalue weighted by Crippen LogP contribution is -2.26. The van der Waals surface area contributed by atoms with Crippen LogP contribution in [0.15, 0.2) is 30.7 Å². The summed E-state index contributed by atoms with van der Waals surface area (Å²) >= 11 is 6.05. The number of nitrogens with zero attached hydrogens (tertiary/aromatic N) is 4. The highest BCUT2D eigenvalue weighted by Crippen LogP contribution is 2.26. The van der Waals surface area contributed by atoms with Gasteiger partial charge in [-0.05, 0) is 0 Å². The number of anilines is 1. The maximum Gasteiger partial charge on any atom is 0.228 e. The van der Waals surface area contributed by atoms with Crippen LogP contribution in [0.25, 0.3) is 0 Å². The van der Waals surface area contributed by atoms with Crippen molar-refractivity contribution in [3.05, 3.63) is 35.7 Å². The Morgan fingerprint density at radius 1 is 1.33 bits per heavy atom. The minimum Gasteiger partial charge on any atom is -0.487 e. The van der Waals surface area contributed by atoms with Gasteiger partial charge in [0.05, 0.1) is 13.7 Å². The molecule has 21 heavy (non-hydrogen) atoms. The van der Waals surface area contributed by atoms with E-state index in [-0.39, 0.29) is 6.10 Å². The van der Waals surface area contributed by atoms with Gasteiger partial charge in [-0.25, -0.2) is 4.98 Å². The Labute approximate surface area is 127 Å². The van der Waals surface area contributed by atoms with Gasteiger partial charge in [-0.3, -0.25) is 4.98 Å². The average Bonchev–Trinajstić information content (AvgIpc) is 2.98. The zero-order chi connectivity index (χ0) is 14.7. The Morgan fingerprint density at radius 3 is 3.05 bits per heavy atom. The standard InChI is InChI=1S/C14H15ClN4O2/c1-20-13-3-6-17-14(18-13)19-7-4-10(9-19)21-12-2-5-16-8-11(12)15/h2-3,5-6,8,10H,4,7,9H2,1H3. The fraction of sp³-hybridized carbons (Fsp3) is 0.357. The predicted molar refractivity (Wildman–Crippen MR) is 79.1 cm³/mol. The van der Waals surface area contributed by atoms with Gasteiger partial charge in [-0.1, -0.05) is 11.6 Å². The monoisotopic (exact) mass is 306 g/mol. The molecule has 0 saturated carbocycles. The van der Waals surface area contributed by atoms with Crippen molar-refractivity contribution in [2.45, 2.75) is 12.5 Å². The number of methoxy groups -OCH3 is 1. The first kappa shape index (κ1) is 13.9. The molecule has 3 rings (SSSR count). The number of pyridine rings is 1. The molecule has 1 unspecified atom stereocenters. The molecule has 110 valence electrons. The fourth-order valence-electron chi connectivity index (χ4n) is 2.24. The topological polar surface area (TPSA) is 60.4 Å². The molecule has 7 heteroatoms. The second kappa shape index (κ2) is 6.13. The molecule has 0 amide bonds. The summed E-state index contributed by atoms with van der Waals surface area (Å²) in [6.45, 7) is 1.55. The summed E-state index contributed by atoms with van der Waals surface area (Å²) in [5.41, 5.74) is 0. The Bertz CT molecular complexity index is 625. The number of ether oxygens (including phenoxy) is 2. The van der Waals surface area contributed by atoms with Gasteiger partial charge in [-0.15, -0.1) is 0 Å². The molecule has 2 aromatic rings. The van der Waals surface area contributed by atoms with E-state index in [0.717, 1.165) is 13.0 Å². The molecule has 1 aliphatic heterocycles. The summed E-state index contributed by atoms with van der Waals surface area (Å²) in [5.74, 6) is 1.87. The molecule has 0 N–H and O–H groups in total. The van der Waals surface area contributed by atoms with Crippen LogP contribution < -0.4 is 14.4 Å². The summed E-state index contributed by atoms with van der Waals surface area (Å²) in [6.07, 6.45) is 5.88. The second-order valence-electron chi connectivity index (χ2n) is 4.68. The zero-order valence-corrected chi connectivity index (χ0v) is 12.3. The molecule has 1 aliphatic rings. The second-order valence-corrected chi connectivity index (χ2v) is 5.09. The number of hydrogen-bond acceptors (Lipinski definition) is 6. The maximum atomic E-state index is 6.05. The number of rotatable bonds is 4. The Morgan fingerprint density at radius 2 is 2.24 bits per heavy atom. The van der Waals surface area contributed by atoms with Crippen molar-refractivity contribution >= 4 is 17.5 Å². The molecule has 6 nitrogen and oxygen atoms in total. The van der Waals surface area contributed by atoms with Gasteiger partial charge in [0.2, 0.25) is 11.8 Å². The highest BCUT2D eigenvalue weighted by atomic mass is 35.5. The average molecular weight is 307 g/mol. The third-order valence-corrected chi connectivity index (χ3v) is 3.57. The van der Waals surface area contributed by atoms with Crippen LogP contribution in [0.5, 0.6) is 11.6 Å². The zero-order valence-electron chi connectivity index (χ0n) is 11.6. The van der Waals surface area contributed by atoms with Crippen molar-refractivity contribution in [3.8, 4) is 11.6 Å². The quantitative estimate of drug-likeness (QED) is 0.863. The molecule has 2 aromatic heterocycles. The van der Waals surface area contributed by atoms with Crippen molar-refractivity contribution in [1.29, 1.82) is 0 Å². The van der Waals surface area contributed by atoms with E-state index in [1.54, 1.807) is 37.8 Å². The maximum absolute atomic E-state index is 6.05. The molecule has 0 spiro atoms. The summed E-state index contributed by atoms with van der Waals surface area (Å²) < 4.78 is 11.0. The van der Waals surface area contributed by atoms with Gasteiger partial charge in [0.25, 0.3) is 0 Å². The molecule has 0 radical (unpaired) electrons. The van der Waals surface area contributed by atoms with Crippen molar-refractivity contribution < 1.29 is 9.47 Å². The summed E-state index contributed by atoms with van der Waals surface area (Å²) in [5, 5.41) is 0.522. The third-order valence-electron chi connectivity index (χ3n) is 3.28.